The van der Waals surface area contributed by atoms with Gasteiger partial charge in [-0.1, -0.05) is 12.1 Å². The first-order chi connectivity index (χ1) is 15.1. The van der Waals surface area contributed by atoms with Gasteiger partial charge in [0.25, 0.3) is 0 Å². The molecule has 2 aromatic rings. The summed E-state index contributed by atoms with van der Waals surface area (Å²) in [6.07, 6.45) is 1.94. The Hall–Kier alpha value is -2.23. The van der Waals surface area contributed by atoms with E-state index in [1.165, 1.54) is 6.07 Å². The van der Waals surface area contributed by atoms with Gasteiger partial charge in [-0.25, -0.2) is 9.38 Å². The van der Waals surface area contributed by atoms with E-state index in [0.717, 1.165) is 61.2 Å². The van der Waals surface area contributed by atoms with Gasteiger partial charge in [0.15, 0.2) is 17.5 Å². The van der Waals surface area contributed by atoms with Crippen molar-refractivity contribution in [2.45, 2.75) is 39.3 Å². The molecule has 1 fully saturated rings. The highest BCUT2D eigenvalue weighted by atomic mass is 127. The van der Waals surface area contributed by atoms with E-state index in [-0.39, 0.29) is 29.8 Å². The van der Waals surface area contributed by atoms with E-state index >= 15 is 0 Å². The maximum atomic E-state index is 13.5. The molecule has 1 aliphatic rings. The Morgan fingerprint density at radius 1 is 1.12 bits per heavy atom. The molecule has 0 saturated carbocycles. The van der Waals surface area contributed by atoms with E-state index in [1.807, 2.05) is 31.2 Å². The van der Waals surface area contributed by atoms with Crippen molar-refractivity contribution in [2.75, 3.05) is 38.3 Å². The van der Waals surface area contributed by atoms with Crippen molar-refractivity contribution in [3.05, 3.63) is 53.8 Å². The van der Waals surface area contributed by atoms with Gasteiger partial charge in [-0.05, 0) is 62.6 Å². The molecule has 2 aromatic carbocycles. The minimum atomic E-state index is -0.190. The largest absolute Gasteiger partial charge is 0.493 e. The lowest BCUT2D eigenvalue weighted by molar-refractivity contribution is 0.310. The van der Waals surface area contributed by atoms with Gasteiger partial charge in [-0.2, -0.15) is 0 Å². The summed E-state index contributed by atoms with van der Waals surface area (Å²) in [5.74, 6) is 2.08. The zero-order chi connectivity index (χ0) is 22.1. The van der Waals surface area contributed by atoms with Gasteiger partial charge in [0, 0.05) is 31.4 Å². The summed E-state index contributed by atoms with van der Waals surface area (Å²) in [7, 11) is 1.64. The quantitative estimate of drug-likeness (QED) is 0.284. The van der Waals surface area contributed by atoms with Crippen LogP contribution in [-0.4, -0.2) is 45.4 Å². The highest BCUT2D eigenvalue weighted by molar-refractivity contribution is 14.0. The van der Waals surface area contributed by atoms with Gasteiger partial charge >= 0.3 is 0 Å². The van der Waals surface area contributed by atoms with Gasteiger partial charge < -0.3 is 25.0 Å². The van der Waals surface area contributed by atoms with Gasteiger partial charge in [0.1, 0.15) is 5.82 Å². The van der Waals surface area contributed by atoms with Crippen LogP contribution in [0.25, 0.3) is 0 Å². The van der Waals surface area contributed by atoms with Gasteiger partial charge in [0.2, 0.25) is 0 Å². The lowest BCUT2D eigenvalue weighted by Gasteiger charge is -2.34. The Morgan fingerprint density at radius 3 is 2.56 bits per heavy atom. The van der Waals surface area contributed by atoms with Crippen LogP contribution in [0.3, 0.4) is 0 Å². The third-order valence-corrected chi connectivity index (χ3v) is 5.30. The van der Waals surface area contributed by atoms with Crippen LogP contribution in [0, 0.1) is 5.82 Å². The van der Waals surface area contributed by atoms with Crippen LogP contribution in [-0.2, 0) is 6.54 Å². The topological polar surface area (TPSA) is 58.1 Å². The number of guanidine groups is 1. The predicted octanol–water partition coefficient (Wildman–Crippen LogP) is 4.58. The molecule has 32 heavy (non-hydrogen) atoms. The molecule has 0 aliphatic carbocycles. The average molecular weight is 556 g/mol. The first kappa shape index (κ1) is 26.0. The summed E-state index contributed by atoms with van der Waals surface area (Å²) in [6, 6.07) is 13.0. The molecule has 0 atom stereocenters. The summed E-state index contributed by atoms with van der Waals surface area (Å²) in [6.45, 7) is 7.71. The van der Waals surface area contributed by atoms with E-state index in [0.29, 0.717) is 19.2 Å². The molecule has 0 spiro atoms. The van der Waals surface area contributed by atoms with Crippen LogP contribution < -0.4 is 25.0 Å². The maximum absolute atomic E-state index is 13.5. The minimum absolute atomic E-state index is 0. The van der Waals surface area contributed by atoms with E-state index in [9.17, 15) is 4.39 Å². The smallest absolute Gasteiger partial charge is 0.191 e. The van der Waals surface area contributed by atoms with Crippen LogP contribution in [0.15, 0.2) is 47.5 Å². The number of nitrogens with one attached hydrogen (secondary N) is 2. The van der Waals surface area contributed by atoms with Crippen molar-refractivity contribution in [1.29, 1.82) is 0 Å². The maximum Gasteiger partial charge on any atom is 0.191 e. The van der Waals surface area contributed by atoms with Crippen LogP contribution >= 0.6 is 24.0 Å². The number of aliphatic imine (C=N–C) groups is 1. The number of anilines is 1. The lowest BCUT2D eigenvalue weighted by atomic mass is 10.0. The SMILES string of the molecule is CCNC(=NCc1ccc(OC)c(OCC)c1)NC1CCN(c2cccc(F)c2)CC1.I. The van der Waals surface area contributed by atoms with E-state index < -0.39 is 0 Å². The number of benzene rings is 2. The number of hydrogen-bond donors (Lipinski definition) is 2. The third-order valence-electron chi connectivity index (χ3n) is 5.30. The number of hydrogen-bond acceptors (Lipinski definition) is 4. The number of nitrogens with zero attached hydrogens (tertiary/aromatic N) is 2. The highest BCUT2D eigenvalue weighted by Gasteiger charge is 2.20. The molecular weight excluding hydrogens is 522 g/mol. The molecule has 0 bridgehead atoms. The van der Waals surface area contributed by atoms with Crippen molar-refractivity contribution in [3.8, 4) is 11.5 Å². The molecule has 0 radical (unpaired) electrons. The molecule has 0 aromatic heterocycles. The fraction of sp³-hybridized carbons (Fsp3) is 0.458. The normalized spacial score (nSPS) is 14.5. The molecule has 1 heterocycles. The van der Waals surface area contributed by atoms with Crippen molar-refractivity contribution < 1.29 is 13.9 Å². The molecule has 2 N–H and O–H groups in total. The number of rotatable bonds is 8. The van der Waals surface area contributed by atoms with Crippen molar-refractivity contribution in [3.63, 3.8) is 0 Å². The molecule has 3 rings (SSSR count). The van der Waals surface area contributed by atoms with Crippen molar-refractivity contribution in [1.82, 2.24) is 10.6 Å². The highest BCUT2D eigenvalue weighted by Crippen LogP contribution is 2.28. The van der Waals surface area contributed by atoms with Crippen molar-refractivity contribution in [2.24, 2.45) is 4.99 Å². The molecule has 1 saturated heterocycles. The van der Waals surface area contributed by atoms with Crippen LogP contribution in [0.2, 0.25) is 0 Å². The lowest BCUT2D eigenvalue weighted by Crippen LogP contribution is -2.48. The Kier molecular flexibility index (Phi) is 10.9. The average Bonchev–Trinajstić information content (AvgIpc) is 2.78. The Labute approximate surface area is 207 Å². The second-order valence-electron chi connectivity index (χ2n) is 7.50. The minimum Gasteiger partial charge on any atom is -0.493 e. The van der Waals surface area contributed by atoms with Crippen molar-refractivity contribution >= 4 is 35.6 Å². The standard InChI is InChI=1S/C24H33FN4O2.HI/c1-4-26-24(27-17-18-9-10-22(30-3)23(15-18)31-5-2)28-20-11-13-29(14-12-20)21-8-6-7-19(25)16-21;/h6-10,15-16,20H,4-5,11-14,17H2,1-3H3,(H2,26,27,28);1H. The summed E-state index contributed by atoms with van der Waals surface area (Å²) >= 11 is 0. The molecule has 1 aliphatic heterocycles. The van der Waals surface area contributed by atoms with Crippen LogP contribution in [0.1, 0.15) is 32.3 Å². The molecular formula is C24H34FIN4O2. The molecule has 0 unspecified atom stereocenters. The fourth-order valence-corrected chi connectivity index (χ4v) is 3.73. The summed E-state index contributed by atoms with van der Waals surface area (Å²) in [4.78, 5) is 6.99. The third kappa shape index (κ3) is 7.43. The first-order valence-electron chi connectivity index (χ1n) is 11.0. The first-order valence-corrected chi connectivity index (χ1v) is 11.0. The van der Waals surface area contributed by atoms with Gasteiger partial charge in [-0.3, -0.25) is 0 Å². The van der Waals surface area contributed by atoms with Gasteiger partial charge in [0.05, 0.1) is 20.3 Å². The number of halogens is 2. The van der Waals surface area contributed by atoms with E-state index in [2.05, 4.69) is 22.5 Å². The van der Waals surface area contributed by atoms with Gasteiger partial charge in [-0.15, -0.1) is 24.0 Å². The monoisotopic (exact) mass is 556 g/mol. The predicted molar refractivity (Wildman–Crippen MR) is 139 cm³/mol. The zero-order valence-electron chi connectivity index (χ0n) is 19.1. The van der Waals surface area contributed by atoms with E-state index in [1.54, 1.807) is 19.2 Å². The Morgan fingerprint density at radius 2 is 1.91 bits per heavy atom. The molecule has 8 heteroatoms. The summed E-state index contributed by atoms with van der Waals surface area (Å²) in [5.41, 5.74) is 2.01. The summed E-state index contributed by atoms with van der Waals surface area (Å²) in [5, 5.41) is 6.89. The number of piperidine rings is 1. The van der Waals surface area contributed by atoms with E-state index in [4.69, 9.17) is 14.5 Å². The fourth-order valence-electron chi connectivity index (χ4n) is 3.73. The Bertz CT molecular complexity index is 873. The number of ether oxygens (including phenoxy) is 2. The second-order valence-corrected chi connectivity index (χ2v) is 7.50. The summed E-state index contributed by atoms with van der Waals surface area (Å²) < 4.78 is 24.5. The zero-order valence-corrected chi connectivity index (χ0v) is 21.4. The number of methoxy groups -OCH3 is 1. The Balaban J connectivity index is 0.00000363. The molecule has 176 valence electrons. The molecule has 6 nitrogen and oxygen atoms in total. The van der Waals surface area contributed by atoms with Crippen LogP contribution in [0.4, 0.5) is 10.1 Å². The second kappa shape index (κ2) is 13.3. The van der Waals surface area contributed by atoms with Crippen LogP contribution in [0.5, 0.6) is 11.5 Å². The molecule has 0 amide bonds.